The van der Waals surface area contributed by atoms with Crippen molar-refractivity contribution >= 4 is 27.8 Å². The van der Waals surface area contributed by atoms with E-state index in [1.165, 1.54) is 0 Å². The van der Waals surface area contributed by atoms with Crippen molar-refractivity contribution in [3.63, 3.8) is 0 Å². The molecular weight excluding hydrogens is 304 g/mol. The van der Waals surface area contributed by atoms with Gasteiger partial charge in [-0.25, -0.2) is 4.98 Å². The molecule has 3 heterocycles. The smallest absolute Gasteiger partial charge is 0.155 e. The molecule has 3 N–H and O–H groups in total. The number of likely N-dealkylation sites (N-methyl/N-ethyl adjacent to an activating group) is 1. The summed E-state index contributed by atoms with van der Waals surface area (Å²) in [4.78, 5) is 8.27. The van der Waals surface area contributed by atoms with Crippen LogP contribution in [0, 0.1) is 0 Å². The molecule has 3 aromatic heterocycles. The van der Waals surface area contributed by atoms with E-state index >= 15 is 0 Å². The van der Waals surface area contributed by atoms with E-state index in [-0.39, 0.29) is 0 Å². The summed E-state index contributed by atoms with van der Waals surface area (Å²) < 4.78 is 0. The minimum Gasteiger partial charge on any atom is -0.382 e. The molecule has 1 aromatic carbocycles. The summed E-state index contributed by atoms with van der Waals surface area (Å²) in [5.41, 5.74) is 10.3. The van der Waals surface area contributed by atoms with Gasteiger partial charge < -0.3 is 10.6 Å². The number of H-pyrrole nitrogens is 1. The van der Waals surface area contributed by atoms with Crippen LogP contribution in [0.5, 0.6) is 0 Å². The molecule has 8 nitrogen and oxygen atoms in total. The first-order valence-electron chi connectivity index (χ1n) is 7.70. The number of pyridine rings is 1. The highest BCUT2D eigenvalue weighted by Gasteiger charge is 2.13. The third-order valence-electron chi connectivity index (χ3n) is 3.95. The first kappa shape index (κ1) is 14.6. The number of nitrogens with zero attached hydrogens (tertiary/aromatic N) is 6. The first-order chi connectivity index (χ1) is 11.6. The second-order valence-electron chi connectivity index (χ2n) is 6.00. The zero-order valence-electron chi connectivity index (χ0n) is 13.6. The van der Waals surface area contributed by atoms with E-state index < -0.39 is 0 Å². The van der Waals surface area contributed by atoms with Gasteiger partial charge in [0.1, 0.15) is 5.52 Å². The van der Waals surface area contributed by atoms with Gasteiger partial charge in [0.05, 0.1) is 17.8 Å². The van der Waals surface area contributed by atoms with Gasteiger partial charge in [-0.2, -0.15) is 15.0 Å². The van der Waals surface area contributed by atoms with Crippen molar-refractivity contribution in [2.45, 2.75) is 6.54 Å². The lowest BCUT2D eigenvalue weighted by Crippen LogP contribution is -2.19. The monoisotopic (exact) mass is 322 g/mol. The third kappa shape index (κ3) is 2.46. The van der Waals surface area contributed by atoms with Crippen LogP contribution in [0.1, 0.15) is 0 Å². The maximum Gasteiger partial charge on any atom is 0.155 e. The van der Waals surface area contributed by atoms with Crippen molar-refractivity contribution in [3.05, 3.63) is 30.5 Å². The predicted octanol–water partition coefficient (Wildman–Crippen LogP) is 1.51. The quantitative estimate of drug-likeness (QED) is 0.590. The summed E-state index contributed by atoms with van der Waals surface area (Å²) in [6.45, 7) is 1.56. The fourth-order valence-electron chi connectivity index (χ4n) is 2.68. The van der Waals surface area contributed by atoms with Crippen molar-refractivity contribution in [2.24, 2.45) is 0 Å². The lowest BCUT2D eigenvalue weighted by Gasteiger charge is -2.07. The Kier molecular flexibility index (Phi) is 3.39. The number of hydrogen-bond donors (Lipinski definition) is 2. The van der Waals surface area contributed by atoms with E-state index in [0.29, 0.717) is 17.9 Å². The Morgan fingerprint density at radius 3 is 2.75 bits per heavy atom. The fraction of sp³-hybridized carbons (Fsp3) is 0.250. The van der Waals surface area contributed by atoms with E-state index in [2.05, 4.69) is 30.3 Å². The molecule has 0 aliphatic rings. The second-order valence-corrected chi connectivity index (χ2v) is 6.00. The van der Waals surface area contributed by atoms with Gasteiger partial charge in [0.25, 0.3) is 0 Å². The summed E-state index contributed by atoms with van der Waals surface area (Å²) in [7, 11) is 4.04. The number of fused-ring (bicyclic) bond motifs is 3. The minimum absolute atomic E-state index is 0.398. The van der Waals surface area contributed by atoms with Gasteiger partial charge in [-0.05, 0) is 32.3 Å². The molecule has 8 heteroatoms. The molecule has 4 rings (SSSR count). The van der Waals surface area contributed by atoms with Crippen LogP contribution in [0.4, 0.5) is 5.82 Å². The van der Waals surface area contributed by atoms with E-state index in [4.69, 9.17) is 5.73 Å². The van der Waals surface area contributed by atoms with Gasteiger partial charge in [0, 0.05) is 23.7 Å². The highest BCUT2D eigenvalue weighted by molar-refractivity contribution is 6.06. The lowest BCUT2D eigenvalue weighted by molar-refractivity contribution is 0.360. The summed E-state index contributed by atoms with van der Waals surface area (Å²) in [5, 5.41) is 17.0. The highest BCUT2D eigenvalue weighted by Crippen LogP contribution is 2.28. The molecule has 0 saturated heterocycles. The van der Waals surface area contributed by atoms with Crippen molar-refractivity contribution in [1.29, 1.82) is 0 Å². The van der Waals surface area contributed by atoms with E-state index in [1.807, 2.05) is 38.4 Å². The van der Waals surface area contributed by atoms with Crippen LogP contribution in [0.2, 0.25) is 0 Å². The van der Waals surface area contributed by atoms with Crippen molar-refractivity contribution in [1.82, 2.24) is 35.1 Å². The topological polar surface area (TPSA) is 102 Å². The van der Waals surface area contributed by atoms with E-state index in [9.17, 15) is 0 Å². The van der Waals surface area contributed by atoms with Crippen LogP contribution in [0.3, 0.4) is 0 Å². The van der Waals surface area contributed by atoms with Crippen molar-refractivity contribution in [3.8, 4) is 11.3 Å². The van der Waals surface area contributed by atoms with Gasteiger partial charge in [-0.15, -0.1) is 5.10 Å². The first-order valence-corrected chi connectivity index (χ1v) is 7.70. The molecule has 0 bridgehead atoms. The lowest BCUT2D eigenvalue weighted by atomic mass is 10.1. The van der Waals surface area contributed by atoms with Crippen LogP contribution in [-0.2, 0) is 6.54 Å². The Balaban J connectivity index is 1.84. The average Bonchev–Trinajstić information content (AvgIpc) is 3.22. The molecule has 24 heavy (non-hydrogen) atoms. The van der Waals surface area contributed by atoms with Crippen LogP contribution in [0.25, 0.3) is 33.2 Å². The Labute approximate surface area is 138 Å². The number of anilines is 1. The summed E-state index contributed by atoms with van der Waals surface area (Å²) in [6, 6.07) is 7.93. The van der Waals surface area contributed by atoms with Crippen LogP contribution >= 0.6 is 0 Å². The number of hydrogen-bond acceptors (Lipinski definition) is 6. The van der Waals surface area contributed by atoms with Gasteiger partial charge >= 0.3 is 0 Å². The molecule has 0 amide bonds. The summed E-state index contributed by atoms with van der Waals surface area (Å²) in [6.07, 6.45) is 1.72. The van der Waals surface area contributed by atoms with Gasteiger partial charge in [-0.3, -0.25) is 5.10 Å². The molecule has 122 valence electrons. The molecule has 0 aliphatic carbocycles. The van der Waals surface area contributed by atoms with E-state index in [0.717, 1.165) is 34.2 Å². The number of aromatic amines is 1. The number of nitrogens with one attached hydrogen (secondary N) is 1. The Hall–Kier alpha value is -3.00. The molecule has 0 aliphatic heterocycles. The summed E-state index contributed by atoms with van der Waals surface area (Å²) in [5.74, 6) is 0.398. The zero-order chi connectivity index (χ0) is 16.7. The van der Waals surface area contributed by atoms with E-state index in [1.54, 1.807) is 11.0 Å². The number of benzene rings is 1. The largest absolute Gasteiger partial charge is 0.382 e. The molecule has 0 atom stereocenters. The predicted molar refractivity (Wildman–Crippen MR) is 93.4 cm³/mol. The normalized spacial score (nSPS) is 11.8. The molecule has 0 saturated carbocycles. The fourth-order valence-corrected chi connectivity index (χ4v) is 2.68. The number of nitrogens with two attached hydrogens (primary N) is 1. The zero-order valence-corrected chi connectivity index (χ0v) is 13.6. The van der Waals surface area contributed by atoms with Crippen LogP contribution < -0.4 is 5.73 Å². The number of rotatable bonds is 4. The van der Waals surface area contributed by atoms with Crippen molar-refractivity contribution in [2.75, 3.05) is 26.4 Å². The highest BCUT2D eigenvalue weighted by atomic mass is 15.5. The van der Waals surface area contributed by atoms with Gasteiger partial charge in [0.15, 0.2) is 11.3 Å². The molecule has 0 fully saturated rings. The second kappa shape index (κ2) is 5.57. The molecule has 0 radical (unpaired) electrons. The van der Waals surface area contributed by atoms with Crippen LogP contribution in [-0.4, -0.2) is 55.7 Å². The maximum atomic E-state index is 6.10. The minimum atomic E-state index is 0.398. The maximum absolute atomic E-state index is 6.10. The molecule has 0 unspecified atom stereocenters. The van der Waals surface area contributed by atoms with Crippen LogP contribution in [0.15, 0.2) is 30.5 Å². The number of aromatic nitrogens is 6. The van der Waals surface area contributed by atoms with Gasteiger partial charge in [0.2, 0.25) is 0 Å². The van der Waals surface area contributed by atoms with Crippen molar-refractivity contribution < 1.29 is 0 Å². The average molecular weight is 322 g/mol. The number of nitrogen functional groups attached to an aromatic ring is 1. The Bertz CT molecular complexity index is 1000. The standard InChI is InChI=1S/C16H18N8/c1-23(2)7-8-24-21-14-11-4-3-10(12-5-6-18-20-12)9-13(11)19-16(17)15(14)22-24/h3-6,9H,7-8H2,1-2H3,(H2,17,19)(H,18,20). The Morgan fingerprint density at radius 2 is 2.00 bits per heavy atom. The van der Waals surface area contributed by atoms with Gasteiger partial charge in [-0.1, -0.05) is 6.07 Å². The third-order valence-corrected chi connectivity index (χ3v) is 3.95. The SMILES string of the molecule is CN(C)CCn1nc2c(N)nc3cc(-c4ccn[nH]4)ccc3c2n1. The summed E-state index contributed by atoms with van der Waals surface area (Å²) >= 11 is 0. The molecular formula is C16H18N8. The Morgan fingerprint density at radius 1 is 1.17 bits per heavy atom. The molecule has 0 spiro atoms. The molecule has 4 aromatic rings.